The SMILES string of the molecule is CC(=O)c1cccc(S(=O)(=O)N(C)c2ccc(C)cc2)c1. The smallest absolute Gasteiger partial charge is 0.264 e. The van der Waals surface area contributed by atoms with Gasteiger partial charge in [-0.3, -0.25) is 9.10 Å². The first-order valence-electron chi connectivity index (χ1n) is 6.49. The summed E-state index contributed by atoms with van der Waals surface area (Å²) >= 11 is 0. The number of hydrogen-bond acceptors (Lipinski definition) is 3. The first-order chi connectivity index (χ1) is 9.82. The number of ketones is 1. The molecule has 0 aromatic heterocycles. The fraction of sp³-hybridized carbons (Fsp3) is 0.188. The molecule has 0 spiro atoms. The summed E-state index contributed by atoms with van der Waals surface area (Å²) in [5.74, 6) is -0.162. The summed E-state index contributed by atoms with van der Waals surface area (Å²) in [4.78, 5) is 11.5. The molecular weight excluding hydrogens is 286 g/mol. The maximum atomic E-state index is 12.6. The number of carbonyl (C=O) groups is 1. The predicted octanol–water partition coefficient (Wildman–Crippen LogP) is 3.02. The lowest BCUT2D eigenvalue weighted by molar-refractivity contribution is 0.101. The monoisotopic (exact) mass is 303 g/mol. The molecule has 21 heavy (non-hydrogen) atoms. The first-order valence-corrected chi connectivity index (χ1v) is 7.93. The molecule has 0 unspecified atom stereocenters. The van der Waals surface area contributed by atoms with Gasteiger partial charge in [-0.05, 0) is 38.1 Å². The van der Waals surface area contributed by atoms with Gasteiger partial charge in [-0.1, -0.05) is 29.8 Å². The van der Waals surface area contributed by atoms with Gasteiger partial charge in [-0.25, -0.2) is 8.42 Å². The summed E-state index contributed by atoms with van der Waals surface area (Å²) < 4.78 is 26.4. The van der Waals surface area contributed by atoms with Crippen molar-refractivity contribution in [2.24, 2.45) is 0 Å². The van der Waals surface area contributed by atoms with Gasteiger partial charge >= 0.3 is 0 Å². The van der Waals surface area contributed by atoms with Crippen molar-refractivity contribution in [3.8, 4) is 0 Å². The summed E-state index contributed by atoms with van der Waals surface area (Å²) in [6.07, 6.45) is 0. The third kappa shape index (κ3) is 3.13. The number of aryl methyl sites for hydroxylation is 1. The highest BCUT2D eigenvalue weighted by Gasteiger charge is 2.21. The number of nitrogens with zero attached hydrogens (tertiary/aromatic N) is 1. The zero-order chi connectivity index (χ0) is 15.6. The fourth-order valence-electron chi connectivity index (χ4n) is 1.93. The number of sulfonamides is 1. The molecule has 4 nitrogen and oxygen atoms in total. The highest BCUT2D eigenvalue weighted by molar-refractivity contribution is 7.92. The van der Waals surface area contributed by atoms with Crippen LogP contribution >= 0.6 is 0 Å². The minimum absolute atomic E-state index is 0.110. The van der Waals surface area contributed by atoms with Crippen molar-refractivity contribution in [3.05, 3.63) is 59.7 Å². The minimum Gasteiger partial charge on any atom is -0.295 e. The Balaban J connectivity index is 2.44. The van der Waals surface area contributed by atoms with Crippen molar-refractivity contribution in [1.29, 1.82) is 0 Å². The second-order valence-electron chi connectivity index (χ2n) is 4.89. The summed E-state index contributed by atoms with van der Waals surface area (Å²) in [6, 6.07) is 13.3. The molecule has 0 amide bonds. The second kappa shape index (κ2) is 5.69. The third-order valence-electron chi connectivity index (χ3n) is 3.30. The van der Waals surface area contributed by atoms with Crippen LogP contribution in [-0.4, -0.2) is 21.2 Å². The average Bonchev–Trinajstić information content (AvgIpc) is 2.47. The van der Waals surface area contributed by atoms with Crippen molar-refractivity contribution in [2.45, 2.75) is 18.7 Å². The van der Waals surface area contributed by atoms with Gasteiger partial charge in [-0.15, -0.1) is 0 Å². The van der Waals surface area contributed by atoms with Crippen molar-refractivity contribution in [1.82, 2.24) is 0 Å². The molecule has 0 aliphatic heterocycles. The first kappa shape index (κ1) is 15.3. The van der Waals surface area contributed by atoms with E-state index in [9.17, 15) is 13.2 Å². The molecule has 0 radical (unpaired) electrons. The molecular formula is C16H17NO3S. The van der Waals surface area contributed by atoms with Crippen molar-refractivity contribution < 1.29 is 13.2 Å². The quantitative estimate of drug-likeness (QED) is 0.816. The average molecular weight is 303 g/mol. The van der Waals surface area contributed by atoms with Crippen molar-refractivity contribution in [2.75, 3.05) is 11.4 Å². The molecule has 0 aliphatic rings. The Kier molecular flexibility index (Phi) is 4.14. The standard InChI is InChI=1S/C16H17NO3S/c1-12-7-9-15(10-8-12)17(3)21(19,20)16-6-4-5-14(11-16)13(2)18/h4-11H,1-3H3. The Morgan fingerprint density at radius 1 is 1.05 bits per heavy atom. The molecule has 2 rings (SSSR count). The highest BCUT2D eigenvalue weighted by atomic mass is 32.2. The molecule has 0 heterocycles. The summed E-state index contributed by atoms with van der Waals surface area (Å²) in [5, 5.41) is 0. The number of rotatable bonds is 4. The zero-order valence-electron chi connectivity index (χ0n) is 12.2. The summed E-state index contributed by atoms with van der Waals surface area (Å²) in [5.41, 5.74) is 2.02. The second-order valence-corrected chi connectivity index (χ2v) is 6.86. The molecule has 0 N–H and O–H groups in total. The van der Waals surface area contributed by atoms with Crippen LogP contribution in [-0.2, 0) is 10.0 Å². The predicted molar refractivity (Wildman–Crippen MR) is 83.2 cm³/mol. The number of Topliss-reactive ketones (excluding diaryl/α,β-unsaturated/α-hetero) is 1. The van der Waals surface area contributed by atoms with Crippen LogP contribution in [0.5, 0.6) is 0 Å². The number of carbonyl (C=O) groups excluding carboxylic acids is 1. The Morgan fingerprint density at radius 2 is 1.67 bits per heavy atom. The van der Waals surface area contributed by atoms with E-state index in [1.54, 1.807) is 24.3 Å². The lowest BCUT2D eigenvalue weighted by Gasteiger charge is -2.20. The van der Waals surface area contributed by atoms with Crippen molar-refractivity contribution in [3.63, 3.8) is 0 Å². The van der Waals surface area contributed by atoms with Crippen LogP contribution in [0.4, 0.5) is 5.69 Å². The molecule has 0 saturated heterocycles. The van der Waals surface area contributed by atoms with Gasteiger partial charge in [0.15, 0.2) is 5.78 Å². The van der Waals surface area contributed by atoms with E-state index in [-0.39, 0.29) is 10.7 Å². The molecule has 2 aromatic carbocycles. The lowest BCUT2D eigenvalue weighted by Crippen LogP contribution is -2.26. The Bertz CT molecular complexity index is 764. The lowest BCUT2D eigenvalue weighted by atomic mass is 10.2. The van der Waals surface area contributed by atoms with E-state index in [4.69, 9.17) is 0 Å². The van der Waals surface area contributed by atoms with Crippen LogP contribution in [0.15, 0.2) is 53.4 Å². The van der Waals surface area contributed by atoms with E-state index >= 15 is 0 Å². The van der Waals surface area contributed by atoms with Crippen LogP contribution in [0.3, 0.4) is 0 Å². The van der Waals surface area contributed by atoms with Gasteiger partial charge in [0.2, 0.25) is 0 Å². The van der Waals surface area contributed by atoms with Gasteiger partial charge in [0, 0.05) is 12.6 Å². The van der Waals surface area contributed by atoms with Gasteiger partial charge < -0.3 is 0 Å². The third-order valence-corrected chi connectivity index (χ3v) is 5.08. The van der Waals surface area contributed by atoms with E-state index in [1.807, 2.05) is 19.1 Å². The minimum atomic E-state index is -3.68. The normalized spacial score (nSPS) is 11.2. The fourth-order valence-corrected chi connectivity index (χ4v) is 3.17. The van der Waals surface area contributed by atoms with Crippen LogP contribution in [0.2, 0.25) is 0 Å². The van der Waals surface area contributed by atoms with E-state index in [0.29, 0.717) is 11.3 Å². The molecule has 2 aromatic rings. The molecule has 0 aliphatic carbocycles. The molecule has 0 fully saturated rings. The van der Waals surface area contributed by atoms with E-state index < -0.39 is 10.0 Å². The van der Waals surface area contributed by atoms with E-state index in [2.05, 4.69) is 0 Å². The Labute approximate surface area is 125 Å². The molecule has 5 heteroatoms. The zero-order valence-corrected chi connectivity index (χ0v) is 13.0. The Morgan fingerprint density at radius 3 is 2.24 bits per heavy atom. The molecule has 0 bridgehead atoms. The van der Waals surface area contributed by atoms with Crippen LogP contribution in [0.1, 0.15) is 22.8 Å². The highest BCUT2D eigenvalue weighted by Crippen LogP contribution is 2.23. The topological polar surface area (TPSA) is 54.5 Å². The molecule has 0 atom stereocenters. The van der Waals surface area contributed by atoms with Gasteiger partial charge in [0.05, 0.1) is 10.6 Å². The van der Waals surface area contributed by atoms with Crippen molar-refractivity contribution >= 4 is 21.5 Å². The van der Waals surface area contributed by atoms with Crippen LogP contribution in [0, 0.1) is 6.92 Å². The summed E-state index contributed by atoms with van der Waals surface area (Å²) in [6.45, 7) is 3.35. The number of anilines is 1. The summed E-state index contributed by atoms with van der Waals surface area (Å²) in [7, 11) is -2.18. The number of hydrogen-bond donors (Lipinski definition) is 0. The number of benzene rings is 2. The van der Waals surface area contributed by atoms with Gasteiger partial charge in [0.1, 0.15) is 0 Å². The Hall–Kier alpha value is -2.14. The van der Waals surface area contributed by atoms with Gasteiger partial charge in [-0.2, -0.15) is 0 Å². The maximum Gasteiger partial charge on any atom is 0.264 e. The van der Waals surface area contributed by atoms with Gasteiger partial charge in [0.25, 0.3) is 10.0 Å². The molecule has 110 valence electrons. The van der Waals surface area contributed by atoms with Crippen LogP contribution in [0.25, 0.3) is 0 Å². The maximum absolute atomic E-state index is 12.6. The van der Waals surface area contributed by atoms with E-state index in [1.165, 1.54) is 30.4 Å². The molecule has 0 saturated carbocycles. The van der Waals surface area contributed by atoms with E-state index in [0.717, 1.165) is 5.56 Å². The largest absolute Gasteiger partial charge is 0.295 e. The van der Waals surface area contributed by atoms with Crippen LogP contribution < -0.4 is 4.31 Å².